The molecule has 11 heavy (non-hydrogen) atoms. The summed E-state index contributed by atoms with van der Waals surface area (Å²) in [5.41, 5.74) is -0.320. The smallest absolute Gasteiger partial charge is 0.174 e. The number of terminal acetylenes is 1. The molecule has 0 unspecified atom stereocenters. The van der Waals surface area contributed by atoms with Crippen molar-refractivity contribution in [2.45, 2.75) is 19.4 Å². The second-order valence-corrected chi connectivity index (χ2v) is 3.37. The Bertz CT molecular complexity index is 295. The molecular formula is C8H9NOS. The molecule has 0 aliphatic heterocycles. The van der Waals surface area contributed by atoms with Crippen LogP contribution in [-0.2, 0) is 5.60 Å². The van der Waals surface area contributed by atoms with Gasteiger partial charge in [0.15, 0.2) is 5.60 Å². The van der Waals surface area contributed by atoms with Gasteiger partial charge in [-0.1, -0.05) is 5.92 Å². The van der Waals surface area contributed by atoms with E-state index in [9.17, 15) is 5.11 Å². The van der Waals surface area contributed by atoms with Gasteiger partial charge in [0.1, 0.15) is 5.01 Å². The van der Waals surface area contributed by atoms with E-state index in [0.29, 0.717) is 5.01 Å². The van der Waals surface area contributed by atoms with Gasteiger partial charge in [-0.05, 0) is 13.8 Å². The fourth-order valence-electron chi connectivity index (χ4n) is 0.639. The number of aromatic nitrogens is 1. The lowest BCUT2D eigenvalue weighted by molar-refractivity contribution is 0.122. The van der Waals surface area contributed by atoms with Crippen LogP contribution in [0.4, 0.5) is 0 Å². The van der Waals surface area contributed by atoms with Crippen LogP contribution in [0, 0.1) is 19.3 Å². The molecule has 0 saturated heterocycles. The number of hydrogen-bond acceptors (Lipinski definition) is 3. The second-order valence-electron chi connectivity index (χ2n) is 2.51. The van der Waals surface area contributed by atoms with Crippen molar-refractivity contribution in [2.24, 2.45) is 0 Å². The van der Waals surface area contributed by atoms with Crippen molar-refractivity contribution < 1.29 is 5.11 Å². The average molecular weight is 167 g/mol. The second kappa shape index (κ2) is 2.65. The maximum atomic E-state index is 9.52. The maximum absolute atomic E-state index is 9.52. The Morgan fingerprint density at radius 1 is 1.82 bits per heavy atom. The molecule has 0 radical (unpaired) electrons. The highest BCUT2D eigenvalue weighted by atomic mass is 32.1. The van der Waals surface area contributed by atoms with Gasteiger partial charge >= 0.3 is 0 Å². The number of aliphatic hydroxyl groups is 1. The Morgan fingerprint density at radius 2 is 2.45 bits per heavy atom. The summed E-state index contributed by atoms with van der Waals surface area (Å²) >= 11 is 1.38. The van der Waals surface area contributed by atoms with Crippen LogP contribution in [0.3, 0.4) is 0 Å². The number of aryl methyl sites for hydroxylation is 1. The van der Waals surface area contributed by atoms with Gasteiger partial charge < -0.3 is 5.11 Å². The third-order valence-electron chi connectivity index (χ3n) is 1.32. The van der Waals surface area contributed by atoms with Crippen molar-refractivity contribution in [3.8, 4) is 12.3 Å². The van der Waals surface area contributed by atoms with E-state index in [0.717, 1.165) is 5.69 Å². The van der Waals surface area contributed by atoms with Crippen LogP contribution < -0.4 is 0 Å². The summed E-state index contributed by atoms with van der Waals surface area (Å²) in [5, 5.41) is 12.0. The molecule has 58 valence electrons. The average Bonchev–Trinajstić information content (AvgIpc) is 2.36. The normalized spacial score (nSPS) is 15.5. The zero-order valence-corrected chi connectivity index (χ0v) is 7.27. The molecule has 1 rings (SSSR count). The summed E-state index contributed by atoms with van der Waals surface area (Å²) in [5.74, 6) is 2.27. The maximum Gasteiger partial charge on any atom is 0.174 e. The summed E-state index contributed by atoms with van der Waals surface area (Å²) in [6.07, 6.45) is 5.11. The zero-order chi connectivity index (χ0) is 8.48. The molecule has 2 nitrogen and oxygen atoms in total. The fraction of sp³-hybridized carbons (Fsp3) is 0.375. The Balaban J connectivity index is 3.04. The number of nitrogens with zero attached hydrogens (tertiary/aromatic N) is 1. The van der Waals surface area contributed by atoms with Gasteiger partial charge in [0.2, 0.25) is 0 Å². The molecule has 0 fully saturated rings. The molecule has 1 heterocycles. The Hall–Kier alpha value is -0.850. The van der Waals surface area contributed by atoms with Crippen LogP contribution in [0.1, 0.15) is 17.6 Å². The first-order chi connectivity index (χ1) is 5.06. The Kier molecular flexibility index (Phi) is 1.99. The molecule has 0 saturated carbocycles. The van der Waals surface area contributed by atoms with Crippen molar-refractivity contribution in [2.75, 3.05) is 0 Å². The Morgan fingerprint density at radius 3 is 2.82 bits per heavy atom. The zero-order valence-electron chi connectivity index (χ0n) is 6.46. The van der Waals surface area contributed by atoms with Gasteiger partial charge in [-0.25, -0.2) is 4.98 Å². The number of hydrogen-bond donors (Lipinski definition) is 1. The Labute approximate surface area is 69.9 Å². The van der Waals surface area contributed by atoms with Gasteiger partial charge in [0.05, 0.1) is 0 Å². The lowest BCUT2D eigenvalue weighted by Gasteiger charge is -2.11. The molecule has 1 atom stereocenters. The molecule has 1 N–H and O–H groups in total. The highest BCUT2D eigenvalue weighted by molar-refractivity contribution is 7.09. The predicted octanol–water partition coefficient (Wildman–Crippen LogP) is 1.29. The van der Waals surface area contributed by atoms with Crippen molar-refractivity contribution in [1.29, 1.82) is 0 Å². The van der Waals surface area contributed by atoms with Crippen LogP contribution in [0.15, 0.2) is 5.38 Å². The highest BCUT2D eigenvalue weighted by Crippen LogP contribution is 2.22. The lowest BCUT2D eigenvalue weighted by atomic mass is 10.1. The minimum absolute atomic E-state index is 0.581. The van der Waals surface area contributed by atoms with Gasteiger partial charge in [-0.3, -0.25) is 0 Å². The first-order valence-corrected chi connectivity index (χ1v) is 4.07. The molecule has 0 aliphatic rings. The fourth-order valence-corrected chi connectivity index (χ4v) is 1.46. The van der Waals surface area contributed by atoms with E-state index in [1.54, 1.807) is 6.92 Å². The first kappa shape index (κ1) is 8.25. The third kappa shape index (κ3) is 1.59. The molecule has 3 heteroatoms. The van der Waals surface area contributed by atoms with Gasteiger partial charge in [-0.15, -0.1) is 17.8 Å². The van der Waals surface area contributed by atoms with Crippen LogP contribution >= 0.6 is 11.3 Å². The van der Waals surface area contributed by atoms with E-state index in [1.165, 1.54) is 11.3 Å². The third-order valence-corrected chi connectivity index (χ3v) is 2.49. The number of rotatable bonds is 1. The van der Waals surface area contributed by atoms with Crippen molar-refractivity contribution in [3.63, 3.8) is 0 Å². The summed E-state index contributed by atoms with van der Waals surface area (Å²) in [6.45, 7) is 3.43. The molecule has 0 spiro atoms. The van der Waals surface area contributed by atoms with E-state index in [4.69, 9.17) is 6.42 Å². The predicted molar refractivity (Wildman–Crippen MR) is 45.3 cm³/mol. The summed E-state index contributed by atoms with van der Waals surface area (Å²) < 4.78 is 0. The summed E-state index contributed by atoms with van der Waals surface area (Å²) in [7, 11) is 0. The van der Waals surface area contributed by atoms with Gasteiger partial charge in [0.25, 0.3) is 0 Å². The van der Waals surface area contributed by atoms with Crippen LogP contribution in [0.2, 0.25) is 0 Å². The molecule has 1 aromatic rings. The molecular weight excluding hydrogens is 158 g/mol. The standard InChI is InChI=1S/C8H9NOS/c1-4-8(3,10)7-9-6(2)5-11-7/h1,5,10H,2-3H3/t8-/m1/s1. The lowest BCUT2D eigenvalue weighted by Crippen LogP contribution is -2.17. The highest BCUT2D eigenvalue weighted by Gasteiger charge is 2.22. The topological polar surface area (TPSA) is 33.1 Å². The molecule has 0 amide bonds. The van der Waals surface area contributed by atoms with Crippen molar-refractivity contribution >= 4 is 11.3 Å². The van der Waals surface area contributed by atoms with Gasteiger partial charge in [-0.2, -0.15) is 0 Å². The van der Waals surface area contributed by atoms with Gasteiger partial charge in [0, 0.05) is 11.1 Å². The van der Waals surface area contributed by atoms with Crippen molar-refractivity contribution in [1.82, 2.24) is 4.98 Å². The molecule has 0 bridgehead atoms. The van der Waals surface area contributed by atoms with Crippen LogP contribution in [0.25, 0.3) is 0 Å². The molecule has 1 aromatic heterocycles. The molecule has 0 aliphatic carbocycles. The van der Waals surface area contributed by atoms with Crippen LogP contribution in [0.5, 0.6) is 0 Å². The van der Waals surface area contributed by atoms with E-state index in [1.807, 2.05) is 12.3 Å². The quantitative estimate of drug-likeness (QED) is 0.639. The largest absolute Gasteiger partial charge is 0.371 e. The monoisotopic (exact) mass is 167 g/mol. The minimum Gasteiger partial charge on any atom is -0.371 e. The summed E-state index contributed by atoms with van der Waals surface area (Å²) in [4.78, 5) is 4.08. The van der Waals surface area contributed by atoms with E-state index in [-0.39, 0.29) is 0 Å². The van der Waals surface area contributed by atoms with Crippen molar-refractivity contribution in [3.05, 3.63) is 16.1 Å². The van der Waals surface area contributed by atoms with Crippen LogP contribution in [-0.4, -0.2) is 10.1 Å². The van der Waals surface area contributed by atoms with E-state index >= 15 is 0 Å². The number of thiazole rings is 1. The van der Waals surface area contributed by atoms with E-state index in [2.05, 4.69) is 10.9 Å². The molecule has 0 aromatic carbocycles. The first-order valence-electron chi connectivity index (χ1n) is 3.19. The van der Waals surface area contributed by atoms with E-state index < -0.39 is 5.60 Å². The summed E-state index contributed by atoms with van der Waals surface area (Å²) in [6, 6.07) is 0. The minimum atomic E-state index is -1.21. The SMILES string of the molecule is C#C[C@@](C)(O)c1nc(C)cs1.